The normalized spacial score (nSPS) is 16.2. The molecule has 1 saturated carbocycles. The molecule has 1 atom stereocenters. The lowest BCUT2D eigenvalue weighted by Gasteiger charge is -2.12. The Morgan fingerprint density at radius 2 is 2.00 bits per heavy atom. The third-order valence-corrected chi connectivity index (χ3v) is 3.16. The smallest absolute Gasteiger partial charge is 0.225 e. The molecule has 19 heavy (non-hydrogen) atoms. The van der Waals surface area contributed by atoms with Crippen LogP contribution in [-0.4, -0.2) is 18.1 Å². The number of hydrogen-bond donors (Lipinski definition) is 2. The third-order valence-electron chi connectivity index (χ3n) is 3.16. The van der Waals surface area contributed by atoms with Crippen LogP contribution in [0.1, 0.15) is 33.1 Å². The summed E-state index contributed by atoms with van der Waals surface area (Å²) in [5, 5.41) is 2.86. The number of nitrogens with two attached hydrogens (primary N) is 1. The average Bonchev–Trinajstić information content (AvgIpc) is 3.14. The van der Waals surface area contributed by atoms with Crippen LogP contribution in [0.2, 0.25) is 0 Å². The van der Waals surface area contributed by atoms with Crippen molar-refractivity contribution in [1.29, 1.82) is 0 Å². The second kappa shape index (κ2) is 6.06. The van der Waals surface area contributed by atoms with Crippen molar-refractivity contribution in [2.45, 2.75) is 45.3 Å². The van der Waals surface area contributed by atoms with Gasteiger partial charge in [-0.3, -0.25) is 4.79 Å². The summed E-state index contributed by atoms with van der Waals surface area (Å²) in [5.41, 5.74) is 6.71. The summed E-state index contributed by atoms with van der Waals surface area (Å²) in [6, 6.07) is 7.41. The zero-order valence-corrected chi connectivity index (χ0v) is 11.6. The highest BCUT2D eigenvalue weighted by Gasteiger charge is 2.29. The van der Waals surface area contributed by atoms with Crippen LogP contribution in [0.3, 0.4) is 0 Å². The molecule has 3 N–H and O–H groups in total. The van der Waals surface area contributed by atoms with Gasteiger partial charge < -0.3 is 15.8 Å². The van der Waals surface area contributed by atoms with Gasteiger partial charge in [0.05, 0.1) is 6.10 Å². The zero-order valence-electron chi connectivity index (χ0n) is 11.6. The van der Waals surface area contributed by atoms with Crippen molar-refractivity contribution >= 4 is 11.6 Å². The highest BCUT2D eigenvalue weighted by Crippen LogP contribution is 2.32. The molecule has 4 nitrogen and oxygen atoms in total. The number of anilines is 1. The van der Waals surface area contributed by atoms with Crippen LogP contribution in [-0.2, 0) is 4.79 Å². The summed E-state index contributed by atoms with van der Waals surface area (Å²) in [5.74, 6) is 1.34. The van der Waals surface area contributed by atoms with Crippen LogP contribution in [0, 0.1) is 5.92 Å². The SMILES string of the molecule is CC(C)Oc1ccc(NC(=O)CC(N)C2CC2)cc1. The first-order chi connectivity index (χ1) is 9.04. The molecule has 0 heterocycles. The summed E-state index contributed by atoms with van der Waals surface area (Å²) in [4.78, 5) is 11.8. The monoisotopic (exact) mass is 262 g/mol. The van der Waals surface area contributed by atoms with Crippen LogP contribution in [0.4, 0.5) is 5.69 Å². The maximum atomic E-state index is 11.8. The molecule has 0 aromatic heterocycles. The fourth-order valence-corrected chi connectivity index (χ4v) is 2.01. The van der Waals surface area contributed by atoms with Crippen molar-refractivity contribution in [2.75, 3.05) is 5.32 Å². The Balaban J connectivity index is 1.82. The fraction of sp³-hybridized carbons (Fsp3) is 0.533. The van der Waals surface area contributed by atoms with E-state index in [0.717, 1.165) is 24.3 Å². The molecular weight excluding hydrogens is 240 g/mol. The zero-order chi connectivity index (χ0) is 13.8. The van der Waals surface area contributed by atoms with Gasteiger partial charge in [0.25, 0.3) is 0 Å². The Morgan fingerprint density at radius 3 is 2.53 bits per heavy atom. The van der Waals surface area contributed by atoms with E-state index in [1.807, 2.05) is 38.1 Å². The number of benzene rings is 1. The molecule has 0 aliphatic heterocycles. The molecule has 1 amide bonds. The van der Waals surface area contributed by atoms with E-state index in [1.54, 1.807) is 0 Å². The van der Waals surface area contributed by atoms with E-state index >= 15 is 0 Å². The van der Waals surface area contributed by atoms with Crippen molar-refractivity contribution in [2.24, 2.45) is 11.7 Å². The minimum atomic E-state index is -0.0167. The molecule has 1 aliphatic rings. The van der Waals surface area contributed by atoms with E-state index in [1.165, 1.54) is 0 Å². The highest BCUT2D eigenvalue weighted by molar-refractivity contribution is 5.91. The summed E-state index contributed by atoms with van der Waals surface area (Å²) in [7, 11) is 0. The molecule has 0 spiro atoms. The number of rotatable bonds is 6. The first-order valence-electron chi connectivity index (χ1n) is 6.86. The lowest BCUT2D eigenvalue weighted by atomic mass is 10.1. The Kier molecular flexibility index (Phi) is 4.43. The molecular formula is C15H22N2O2. The van der Waals surface area contributed by atoms with Crippen LogP contribution in [0.5, 0.6) is 5.75 Å². The van der Waals surface area contributed by atoms with Gasteiger partial charge in [-0.2, -0.15) is 0 Å². The van der Waals surface area contributed by atoms with Gasteiger partial charge in [-0.25, -0.2) is 0 Å². The predicted molar refractivity (Wildman–Crippen MR) is 76.2 cm³/mol. The quantitative estimate of drug-likeness (QED) is 0.828. The molecule has 1 aliphatic carbocycles. The molecule has 1 aromatic rings. The Morgan fingerprint density at radius 1 is 1.37 bits per heavy atom. The molecule has 0 saturated heterocycles. The second-order valence-corrected chi connectivity index (χ2v) is 5.44. The summed E-state index contributed by atoms with van der Waals surface area (Å²) in [6.07, 6.45) is 2.87. The maximum Gasteiger partial charge on any atom is 0.225 e. The Labute approximate surface area is 114 Å². The van der Waals surface area contributed by atoms with Crippen molar-refractivity contribution < 1.29 is 9.53 Å². The first kappa shape index (κ1) is 13.9. The summed E-state index contributed by atoms with van der Waals surface area (Å²) >= 11 is 0. The molecule has 1 unspecified atom stereocenters. The Hall–Kier alpha value is -1.55. The lowest BCUT2D eigenvalue weighted by Crippen LogP contribution is -2.28. The number of ether oxygens (including phenoxy) is 1. The largest absolute Gasteiger partial charge is 0.491 e. The number of carbonyl (C=O) groups is 1. The van der Waals surface area contributed by atoms with Gasteiger partial charge in [0.1, 0.15) is 5.75 Å². The van der Waals surface area contributed by atoms with Gasteiger partial charge in [0.2, 0.25) is 5.91 Å². The molecule has 1 aromatic carbocycles. The number of nitrogens with one attached hydrogen (secondary N) is 1. The van der Waals surface area contributed by atoms with E-state index in [4.69, 9.17) is 10.5 Å². The topological polar surface area (TPSA) is 64.3 Å². The third kappa shape index (κ3) is 4.56. The molecule has 4 heteroatoms. The minimum Gasteiger partial charge on any atom is -0.491 e. The van der Waals surface area contributed by atoms with E-state index in [2.05, 4.69) is 5.32 Å². The van der Waals surface area contributed by atoms with Gasteiger partial charge >= 0.3 is 0 Å². The average molecular weight is 262 g/mol. The maximum absolute atomic E-state index is 11.8. The first-order valence-corrected chi connectivity index (χ1v) is 6.86. The fourth-order valence-electron chi connectivity index (χ4n) is 2.01. The van der Waals surface area contributed by atoms with E-state index in [0.29, 0.717) is 12.3 Å². The molecule has 0 radical (unpaired) electrons. The van der Waals surface area contributed by atoms with Crippen molar-refractivity contribution in [3.8, 4) is 5.75 Å². The van der Waals surface area contributed by atoms with Crippen molar-refractivity contribution in [1.82, 2.24) is 0 Å². The van der Waals surface area contributed by atoms with Crippen LogP contribution < -0.4 is 15.8 Å². The van der Waals surface area contributed by atoms with E-state index in [-0.39, 0.29) is 18.1 Å². The second-order valence-electron chi connectivity index (χ2n) is 5.44. The van der Waals surface area contributed by atoms with Crippen LogP contribution in [0.15, 0.2) is 24.3 Å². The molecule has 1 fully saturated rings. The number of carbonyl (C=O) groups excluding carboxylic acids is 1. The minimum absolute atomic E-state index is 0.00328. The van der Waals surface area contributed by atoms with Crippen LogP contribution >= 0.6 is 0 Å². The predicted octanol–water partition coefficient (Wildman–Crippen LogP) is 2.54. The van der Waals surface area contributed by atoms with E-state index in [9.17, 15) is 4.79 Å². The van der Waals surface area contributed by atoms with Gasteiger partial charge in [0.15, 0.2) is 0 Å². The Bertz CT molecular complexity index is 424. The molecule has 0 bridgehead atoms. The van der Waals surface area contributed by atoms with Gasteiger partial charge in [0, 0.05) is 18.2 Å². The van der Waals surface area contributed by atoms with Crippen molar-refractivity contribution in [3.05, 3.63) is 24.3 Å². The number of amides is 1. The van der Waals surface area contributed by atoms with Crippen LogP contribution in [0.25, 0.3) is 0 Å². The lowest BCUT2D eigenvalue weighted by molar-refractivity contribution is -0.116. The number of hydrogen-bond acceptors (Lipinski definition) is 3. The van der Waals surface area contributed by atoms with E-state index < -0.39 is 0 Å². The molecule has 104 valence electrons. The summed E-state index contributed by atoms with van der Waals surface area (Å²) in [6.45, 7) is 3.96. The summed E-state index contributed by atoms with van der Waals surface area (Å²) < 4.78 is 5.55. The van der Waals surface area contributed by atoms with Crippen molar-refractivity contribution in [3.63, 3.8) is 0 Å². The molecule has 2 rings (SSSR count). The van der Waals surface area contributed by atoms with Gasteiger partial charge in [-0.1, -0.05) is 0 Å². The van der Waals surface area contributed by atoms with Gasteiger partial charge in [-0.15, -0.1) is 0 Å². The standard InChI is InChI=1S/C15H22N2O2/c1-10(2)19-13-7-5-12(6-8-13)17-15(18)9-14(16)11-3-4-11/h5-8,10-11,14H,3-4,9,16H2,1-2H3,(H,17,18). The highest BCUT2D eigenvalue weighted by atomic mass is 16.5. The van der Waals surface area contributed by atoms with Gasteiger partial charge in [-0.05, 0) is 56.9 Å².